The van der Waals surface area contributed by atoms with E-state index in [9.17, 15) is 30.0 Å². The SMILES string of the molecule is O=COC1(CCCCc2cc(O)c(O)c(CCCCCC3(C(=O)O)CC3)c2O)CC1. The molecule has 4 N–H and O–H groups in total. The molecule has 0 atom stereocenters. The van der Waals surface area contributed by atoms with Gasteiger partial charge in [0.15, 0.2) is 11.5 Å². The van der Waals surface area contributed by atoms with Gasteiger partial charge in [-0.2, -0.15) is 0 Å². The van der Waals surface area contributed by atoms with E-state index in [0.717, 1.165) is 57.8 Å². The van der Waals surface area contributed by atoms with Gasteiger partial charge in [-0.3, -0.25) is 9.59 Å². The fourth-order valence-electron chi connectivity index (χ4n) is 4.28. The van der Waals surface area contributed by atoms with Crippen molar-refractivity contribution < 1.29 is 34.8 Å². The molecule has 0 aromatic heterocycles. The highest BCUT2D eigenvalue weighted by molar-refractivity contribution is 5.77. The molecule has 2 aliphatic carbocycles. The van der Waals surface area contributed by atoms with E-state index in [4.69, 9.17) is 4.74 Å². The van der Waals surface area contributed by atoms with Gasteiger partial charge in [0, 0.05) is 5.56 Å². The first-order chi connectivity index (χ1) is 14.3. The molecule has 166 valence electrons. The summed E-state index contributed by atoms with van der Waals surface area (Å²) in [5, 5.41) is 40.1. The molecule has 0 aliphatic heterocycles. The zero-order valence-electron chi connectivity index (χ0n) is 17.4. The smallest absolute Gasteiger partial charge is 0.309 e. The van der Waals surface area contributed by atoms with Gasteiger partial charge in [0.05, 0.1) is 5.41 Å². The molecule has 0 radical (unpaired) electrons. The number of carbonyl (C=O) groups excluding carboxylic acids is 1. The van der Waals surface area contributed by atoms with Crippen LogP contribution in [0.3, 0.4) is 0 Å². The highest BCUT2D eigenvalue weighted by Crippen LogP contribution is 2.50. The number of ether oxygens (including phenoxy) is 1. The number of hydrogen-bond acceptors (Lipinski definition) is 6. The van der Waals surface area contributed by atoms with Crippen LogP contribution in [0.1, 0.15) is 81.8 Å². The first kappa shape index (κ1) is 22.2. The van der Waals surface area contributed by atoms with Crippen LogP contribution in [0, 0.1) is 5.41 Å². The van der Waals surface area contributed by atoms with Crippen LogP contribution in [0.25, 0.3) is 0 Å². The summed E-state index contributed by atoms with van der Waals surface area (Å²) >= 11 is 0. The number of aliphatic carboxylic acids is 1. The lowest BCUT2D eigenvalue weighted by Crippen LogP contribution is -2.14. The normalized spacial score (nSPS) is 18.0. The number of phenols is 3. The van der Waals surface area contributed by atoms with Crippen molar-refractivity contribution >= 4 is 12.4 Å². The van der Waals surface area contributed by atoms with Crippen LogP contribution in [0.4, 0.5) is 0 Å². The molecular weight excluding hydrogens is 388 g/mol. The molecule has 0 heterocycles. The highest BCUT2D eigenvalue weighted by atomic mass is 16.5. The van der Waals surface area contributed by atoms with Crippen LogP contribution in [0.5, 0.6) is 17.2 Å². The van der Waals surface area contributed by atoms with Crippen LogP contribution in [0.15, 0.2) is 6.07 Å². The van der Waals surface area contributed by atoms with Crippen molar-refractivity contribution in [2.45, 2.75) is 89.1 Å². The van der Waals surface area contributed by atoms with E-state index in [1.807, 2.05) is 0 Å². The second-order valence-corrected chi connectivity index (χ2v) is 8.98. The molecule has 2 fully saturated rings. The molecule has 7 heteroatoms. The molecule has 0 saturated heterocycles. The van der Waals surface area contributed by atoms with E-state index in [-0.39, 0.29) is 22.8 Å². The van der Waals surface area contributed by atoms with Crippen LogP contribution in [0.2, 0.25) is 0 Å². The van der Waals surface area contributed by atoms with E-state index in [2.05, 4.69) is 0 Å². The number of carbonyl (C=O) groups is 2. The molecule has 1 aromatic carbocycles. The van der Waals surface area contributed by atoms with Crippen molar-refractivity contribution in [1.82, 2.24) is 0 Å². The van der Waals surface area contributed by atoms with Gasteiger partial charge in [0.2, 0.25) is 0 Å². The first-order valence-corrected chi connectivity index (χ1v) is 10.9. The van der Waals surface area contributed by atoms with E-state index in [1.54, 1.807) is 0 Å². The number of phenolic OH excluding ortho intramolecular Hbond substituents is 3. The lowest BCUT2D eigenvalue weighted by atomic mass is 9.95. The predicted octanol–water partition coefficient (Wildman–Crippen LogP) is 4.19. The second kappa shape index (κ2) is 9.14. The van der Waals surface area contributed by atoms with Crippen molar-refractivity contribution in [2.75, 3.05) is 0 Å². The summed E-state index contributed by atoms with van der Waals surface area (Å²) in [6, 6.07) is 1.41. The lowest BCUT2D eigenvalue weighted by Gasteiger charge is -2.15. The number of rotatable bonds is 14. The fourth-order valence-corrected chi connectivity index (χ4v) is 4.28. The molecule has 0 unspecified atom stereocenters. The topological polar surface area (TPSA) is 124 Å². The van der Waals surface area contributed by atoms with Crippen molar-refractivity contribution in [3.63, 3.8) is 0 Å². The Morgan fingerprint density at radius 3 is 2.20 bits per heavy atom. The van der Waals surface area contributed by atoms with Crippen molar-refractivity contribution in [3.05, 3.63) is 17.2 Å². The molecular formula is C23H32O7. The first-order valence-electron chi connectivity index (χ1n) is 10.9. The third-order valence-electron chi connectivity index (χ3n) is 6.75. The predicted molar refractivity (Wildman–Crippen MR) is 110 cm³/mol. The van der Waals surface area contributed by atoms with E-state index in [0.29, 0.717) is 43.3 Å². The van der Waals surface area contributed by atoms with Crippen LogP contribution in [-0.2, 0) is 27.2 Å². The summed E-state index contributed by atoms with van der Waals surface area (Å²) in [6.45, 7) is 0.509. The molecule has 2 aliphatic rings. The van der Waals surface area contributed by atoms with Gasteiger partial charge < -0.3 is 25.2 Å². The van der Waals surface area contributed by atoms with Crippen LogP contribution in [-0.4, -0.2) is 38.5 Å². The summed E-state index contributed by atoms with van der Waals surface area (Å²) < 4.78 is 5.14. The standard InChI is InChI=1S/C23H32O7/c24-15-30-23(12-13-23)9-5-3-6-16-14-18(25)20(27)17(19(16)26)7-2-1-4-8-22(10-11-22)21(28)29/h14-15,25-27H,1-13H2,(H,28,29). The Morgan fingerprint density at radius 1 is 0.933 bits per heavy atom. The summed E-state index contributed by atoms with van der Waals surface area (Å²) in [6.07, 6.45) is 9.66. The molecule has 0 spiro atoms. The maximum Gasteiger partial charge on any atom is 0.309 e. The Labute approximate surface area is 176 Å². The minimum absolute atomic E-state index is 0.0276. The van der Waals surface area contributed by atoms with Gasteiger partial charge in [-0.25, -0.2) is 0 Å². The summed E-state index contributed by atoms with van der Waals surface area (Å²) in [7, 11) is 0. The van der Waals surface area contributed by atoms with E-state index in [1.165, 1.54) is 6.07 Å². The summed E-state index contributed by atoms with van der Waals surface area (Å²) in [4.78, 5) is 21.8. The molecule has 3 rings (SSSR count). The molecule has 0 amide bonds. The Bertz CT molecular complexity index is 778. The number of benzene rings is 1. The zero-order valence-corrected chi connectivity index (χ0v) is 17.4. The van der Waals surface area contributed by atoms with Crippen molar-refractivity contribution in [1.29, 1.82) is 0 Å². The Balaban J connectivity index is 1.47. The van der Waals surface area contributed by atoms with Crippen LogP contribution >= 0.6 is 0 Å². The minimum atomic E-state index is -0.708. The Morgan fingerprint density at radius 2 is 1.60 bits per heavy atom. The second-order valence-electron chi connectivity index (χ2n) is 8.98. The van der Waals surface area contributed by atoms with Gasteiger partial charge in [0.25, 0.3) is 6.47 Å². The van der Waals surface area contributed by atoms with Gasteiger partial charge in [-0.1, -0.05) is 12.8 Å². The van der Waals surface area contributed by atoms with Crippen molar-refractivity contribution in [3.8, 4) is 17.2 Å². The van der Waals surface area contributed by atoms with Crippen molar-refractivity contribution in [2.24, 2.45) is 5.41 Å². The number of carboxylic acid groups (broad SMARTS) is 1. The monoisotopic (exact) mass is 420 g/mol. The molecule has 2 saturated carbocycles. The molecule has 7 nitrogen and oxygen atoms in total. The minimum Gasteiger partial charge on any atom is -0.507 e. The molecule has 1 aromatic rings. The van der Waals surface area contributed by atoms with E-state index < -0.39 is 11.4 Å². The fraction of sp³-hybridized carbons (Fsp3) is 0.652. The number of carboxylic acids is 1. The molecule has 0 bridgehead atoms. The third kappa shape index (κ3) is 5.18. The Hall–Kier alpha value is -2.44. The zero-order chi connectivity index (χ0) is 21.8. The van der Waals surface area contributed by atoms with Gasteiger partial charge >= 0.3 is 5.97 Å². The maximum absolute atomic E-state index is 11.2. The van der Waals surface area contributed by atoms with E-state index >= 15 is 0 Å². The summed E-state index contributed by atoms with van der Waals surface area (Å²) in [5.74, 6) is -1.19. The quantitative estimate of drug-likeness (QED) is 0.154. The van der Waals surface area contributed by atoms with Gasteiger partial charge in [-0.15, -0.1) is 0 Å². The largest absolute Gasteiger partial charge is 0.507 e. The Kier molecular flexibility index (Phi) is 6.78. The third-order valence-corrected chi connectivity index (χ3v) is 6.75. The average Bonchev–Trinajstić information content (AvgIpc) is 3.62. The van der Waals surface area contributed by atoms with Gasteiger partial charge in [0.1, 0.15) is 11.4 Å². The maximum atomic E-state index is 11.2. The van der Waals surface area contributed by atoms with Gasteiger partial charge in [-0.05, 0) is 82.3 Å². The van der Waals surface area contributed by atoms with Crippen LogP contribution < -0.4 is 0 Å². The number of aromatic hydroxyl groups is 3. The lowest BCUT2D eigenvalue weighted by molar-refractivity contribution is -0.143. The molecule has 30 heavy (non-hydrogen) atoms. The summed E-state index contributed by atoms with van der Waals surface area (Å²) in [5.41, 5.74) is 0.154. The average molecular weight is 421 g/mol. The highest BCUT2D eigenvalue weighted by Gasteiger charge is 2.49. The number of aryl methyl sites for hydroxylation is 1. The number of hydrogen-bond donors (Lipinski definition) is 4. The number of unbranched alkanes of at least 4 members (excludes halogenated alkanes) is 3.